The van der Waals surface area contributed by atoms with E-state index >= 15 is 0 Å². The number of ether oxygens (including phenoxy) is 1. The Labute approximate surface area is 234 Å². The summed E-state index contributed by atoms with van der Waals surface area (Å²) >= 11 is 0. The molecule has 0 fully saturated rings. The lowest BCUT2D eigenvalue weighted by atomic mass is 10.1. The lowest BCUT2D eigenvalue weighted by Crippen LogP contribution is -2.44. The molecule has 13 heteroatoms. The number of fused-ring (bicyclic) bond motifs is 1. The fourth-order valence-corrected chi connectivity index (χ4v) is 4.35. The molecule has 0 radical (unpaired) electrons. The maximum atomic E-state index is 13.9. The standard InChI is InChI=1S/C28H31FN4O8/c1-16(2)41-30-17(3)22-14-31(15-23(34)21-13-18(29)9-10-24(21)39-4)28(38)32(25(22)35)11-12-40-33-26(36)19-7-5-6-8-20(19)27(33)37/h5-10,13-14,16,23,26,34,36H,11-12,15H2,1-4H3/b30-17+. The van der Waals surface area contributed by atoms with Gasteiger partial charge in [-0.2, -0.15) is 5.06 Å². The van der Waals surface area contributed by atoms with Crippen LogP contribution in [0.2, 0.25) is 0 Å². The third-order valence-corrected chi connectivity index (χ3v) is 6.38. The molecule has 41 heavy (non-hydrogen) atoms. The van der Waals surface area contributed by atoms with E-state index in [9.17, 15) is 29.0 Å². The second-order valence-electron chi connectivity index (χ2n) is 9.59. The monoisotopic (exact) mass is 570 g/mol. The number of nitrogens with zero attached hydrogens (tertiary/aromatic N) is 4. The highest BCUT2D eigenvalue weighted by Gasteiger charge is 2.36. The zero-order valence-electron chi connectivity index (χ0n) is 23.0. The Bertz CT molecular complexity index is 1580. The number of rotatable bonds is 11. The molecule has 3 aromatic rings. The van der Waals surface area contributed by atoms with E-state index in [1.165, 1.54) is 32.4 Å². The minimum atomic E-state index is -1.38. The van der Waals surface area contributed by atoms with E-state index in [2.05, 4.69) is 5.16 Å². The van der Waals surface area contributed by atoms with Crippen LogP contribution in [0.3, 0.4) is 0 Å². The second kappa shape index (κ2) is 12.5. The number of aliphatic hydroxyl groups is 2. The van der Waals surface area contributed by atoms with Crippen LogP contribution in [0.5, 0.6) is 5.75 Å². The van der Waals surface area contributed by atoms with E-state index in [4.69, 9.17) is 14.4 Å². The number of carbonyl (C=O) groups excluding carboxylic acids is 1. The Morgan fingerprint density at radius 2 is 1.88 bits per heavy atom. The van der Waals surface area contributed by atoms with Crippen molar-refractivity contribution in [2.75, 3.05) is 13.7 Å². The number of hydrogen-bond donors (Lipinski definition) is 2. The van der Waals surface area contributed by atoms with Crippen LogP contribution in [0.15, 0.2) is 63.4 Å². The Morgan fingerprint density at radius 3 is 2.56 bits per heavy atom. The van der Waals surface area contributed by atoms with Crippen LogP contribution in [0, 0.1) is 5.82 Å². The number of carbonyl (C=O) groups is 1. The van der Waals surface area contributed by atoms with E-state index in [1.54, 1.807) is 38.1 Å². The molecular formula is C28H31FN4O8. The summed E-state index contributed by atoms with van der Waals surface area (Å²) in [6.45, 7) is 4.04. The van der Waals surface area contributed by atoms with Gasteiger partial charge in [0.05, 0.1) is 38.1 Å². The van der Waals surface area contributed by atoms with Gasteiger partial charge in [0.15, 0.2) is 6.23 Å². The van der Waals surface area contributed by atoms with Crippen molar-refractivity contribution in [3.05, 3.63) is 97.6 Å². The normalized spacial score (nSPS) is 15.8. The fourth-order valence-electron chi connectivity index (χ4n) is 4.35. The summed E-state index contributed by atoms with van der Waals surface area (Å²) in [4.78, 5) is 50.2. The quantitative estimate of drug-likeness (QED) is 0.264. The van der Waals surface area contributed by atoms with Crippen molar-refractivity contribution in [2.45, 2.75) is 52.3 Å². The first-order valence-electron chi connectivity index (χ1n) is 12.8. The Kier molecular flexibility index (Phi) is 9.01. The lowest BCUT2D eigenvalue weighted by Gasteiger charge is -2.21. The first kappa shape index (κ1) is 29.6. The molecule has 0 aliphatic carbocycles. The molecule has 2 aromatic carbocycles. The van der Waals surface area contributed by atoms with Crippen LogP contribution < -0.4 is 16.0 Å². The van der Waals surface area contributed by atoms with Gasteiger partial charge >= 0.3 is 5.69 Å². The molecule has 2 atom stereocenters. The predicted molar refractivity (Wildman–Crippen MR) is 145 cm³/mol. The number of halogens is 1. The molecule has 1 aromatic heterocycles. The summed E-state index contributed by atoms with van der Waals surface area (Å²) in [5, 5.41) is 26.2. The number of hydroxylamine groups is 2. The van der Waals surface area contributed by atoms with E-state index in [0.717, 1.165) is 20.3 Å². The maximum absolute atomic E-state index is 13.9. The molecule has 218 valence electrons. The fraction of sp³-hybridized carbons (Fsp3) is 0.357. The molecule has 0 saturated carbocycles. The summed E-state index contributed by atoms with van der Waals surface area (Å²) in [6.07, 6.45) is -1.77. The molecule has 4 rings (SSSR count). The molecule has 2 unspecified atom stereocenters. The number of hydrogen-bond acceptors (Lipinski definition) is 9. The average molecular weight is 571 g/mol. The number of amides is 1. The smallest absolute Gasteiger partial charge is 0.331 e. The summed E-state index contributed by atoms with van der Waals surface area (Å²) < 4.78 is 21.1. The minimum Gasteiger partial charge on any atom is -0.496 e. The summed E-state index contributed by atoms with van der Waals surface area (Å²) in [5.41, 5.74) is -0.572. The molecule has 1 amide bonds. The van der Waals surface area contributed by atoms with Crippen LogP contribution in [0.4, 0.5) is 4.39 Å². The first-order chi connectivity index (χ1) is 19.5. The first-order valence-corrected chi connectivity index (χ1v) is 12.8. The molecule has 1 aliphatic heterocycles. The van der Waals surface area contributed by atoms with E-state index < -0.39 is 35.3 Å². The van der Waals surface area contributed by atoms with Gasteiger partial charge < -0.3 is 19.8 Å². The molecule has 2 heterocycles. The lowest BCUT2D eigenvalue weighted by molar-refractivity contribution is -0.200. The second-order valence-corrected chi connectivity index (χ2v) is 9.59. The molecular weight excluding hydrogens is 539 g/mol. The van der Waals surface area contributed by atoms with Gasteiger partial charge in [-0.05, 0) is 45.0 Å². The van der Waals surface area contributed by atoms with Crippen molar-refractivity contribution in [1.29, 1.82) is 0 Å². The predicted octanol–water partition coefficient (Wildman–Crippen LogP) is 2.12. The highest BCUT2D eigenvalue weighted by Crippen LogP contribution is 2.31. The van der Waals surface area contributed by atoms with Gasteiger partial charge in [0.1, 0.15) is 23.8 Å². The summed E-state index contributed by atoms with van der Waals surface area (Å²) in [5.74, 6) is -0.955. The number of aliphatic hydroxyl groups excluding tert-OH is 2. The van der Waals surface area contributed by atoms with Gasteiger partial charge in [0, 0.05) is 22.9 Å². The third kappa shape index (κ3) is 6.21. The largest absolute Gasteiger partial charge is 0.496 e. The van der Waals surface area contributed by atoms with Crippen LogP contribution in [0.25, 0.3) is 0 Å². The molecule has 0 bridgehead atoms. The van der Waals surface area contributed by atoms with E-state index in [0.29, 0.717) is 5.56 Å². The van der Waals surface area contributed by atoms with Crippen molar-refractivity contribution in [1.82, 2.24) is 14.2 Å². The number of aromatic nitrogens is 2. The van der Waals surface area contributed by atoms with Crippen LogP contribution >= 0.6 is 0 Å². The van der Waals surface area contributed by atoms with Crippen molar-refractivity contribution in [3.63, 3.8) is 0 Å². The van der Waals surface area contributed by atoms with Gasteiger partial charge in [-0.1, -0.05) is 23.4 Å². The SMILES string of the molecule is COc1ccc(F)cc1C(O)Cn1cc(/C(C)=N/OC(C)C)c(=O)n(CCON2C(=O)c3ccccc3C2O)c1=O. The zero-order chi connectivity index (χ0) is 29.8. The maximum Gasteiger partial charge on any atom is 0.331 e. The molecule has 2 N–H and O–H groups in total. The zero-order valence-corrected chi connectivity index (χ0v) is 23.0. The summed E-state index contributed by atoms with van der Waals surface area (Å²) in [6, 6.07) is 10.1. The van der Waals surface area contributed by atoms with Crippen molar-refractivity contribution in [3.8, 4) is 5.75 Å². The Balaban J connectivity index is 1.65. The molecule has 0 saturated heterocycles. The van der Waals surface area contributed by atoms with Gasteiger partial charge in [0.2, 0.25) is 0 Å². The molecule has 1 aliphatic rings. The van der Waals surface area contributed by atoms with Crippen molar-refractivity contribution < 1.29 is 33.8 Å². The third-order valence-electron chi connectivity index (χ3n) is 6.38. The summed E-state index contributed by atoms with van der Waals surface area (Å²) in [7, 11) is 1.36. The van der Waals surface area contributed by atoms with Gasteiger partial charge in [-0.15, -0.1) is 0 Å². The van der Waals surface area contributed by atoms with Crippen LogP contribution in [0.1, 0.15) is 60.2 Å². The number of methoxy groups -OCH3 is 1. The highest BCUT2D eigenvalue weighted by molar-refractivity contribution is 5.98. The molecule has 12 nitrogen and oxygen atoms in total. The van der Waals surface area contributed by atoms with Gasteiger partial charge in [-0.3, -0.25) is 23.6 Å². The van der Waals surface area contributed by atoms with E-state index in [-0.39, 0.29) is 54.0 Å². The average Bonchev–Trinajstić information content (AvgIpc) is 3.19. The Morgan fingerprint density at radius 1 is 1.15 bits per heavy atom. The van der Waals surface area contributed by atoms with Crippen LogP contribution in [-0.4, -0.2) is 55.8 Å². The van der Waals surface area contributed by atoms with Crippen molar-refractivity contribution >= 4 is 11.6 Å². The Hall–Kier alpha value is -4.33. The molecule has 0 spiro atoms. The van der Waals surface area contributed by atoms with Gasteiger partial charge in [0.25, 0.3) is 11.5 Å². The topological polar surface area (TPSA) is 145 Å². The van der Waals surface area contributed by atoms with Crippen LogP contribution in [-0.2, 0) is 22.8 Å². The highest BCUT2D eigenvalue weighted by atomic mass is 19.1. The van der Waals surface area contributed by atoms with Crippen molar-refractivity contribution in [2.24, 2.45) is 5.16 Å². The minimum absolute atomic E-state index is 0.00773. The number of benzene rings is 2. The van der Waals surface area contributed by atoms with E-state index in [1.807, 2.05) is 0 Å². The number of oxime groups is 1. The van der Waals surface area contributed by atoms with Gasteiger partial charge in [-0.25, -0.2) is 9.18 Å².